The summed E-state index contributed by atoms with van der Waals surface area (Å²) in [5.41, 5.74) is 0.936. The molecular weight excluding hydrogens is 214 g/mol. The fourth-order valence-electron chi connectivity index (χ4n) is 2.68. The lowest BCUT2D eigenvalue weighted by Crippen LogP contribution is -2.26. The number of hydrogen-bond acceptors (Lipinski definition) is 3. The van der Waals surface area contributed by atoms with Crippen LogP contribution in [-0.2, 0) is 6.54 Å². The Hall–Kier alpha value is -1.06. The number of nitrogens with one attached hydrogen (secondary N) is 1. The van der Waals surface area contributed by atoms with Crippen molar-refractivity contribution >= 4 is 0 Å². The molecule has 2 atom stereocenters. The maximum atomic E-state index is 9.62. The van der Waals surface area contributed by atoms with Crippen LogP contribution < -0.4 is 5.32 Å². The molecule has 0 saturated heterocycles. The quantitative estimate of drug-likeness (QED) is 0.730. The minimum atomic E-state index is 0.308. The molecule has 0 radical (unpaired) electrons. The number of phenols is 1. The first kappa shape index (κ1) is 12.4. The van der Waals surface area contributed by atoms with E-state index in [2.05, 4.69) is 5.32 Å². The van der Waals surface area contributed by atoms with Gasteiger partial charge >= 0.3 is 0 Å². The van der Waals surface area contributed by atoms with Gasteiger partial charge in [0.2, 0.25) is 0 Å². The summed E-state index contributed by atoms with van der Waals surface area (Å²) in [5.74, 6) is 1.41. The number of aliphatic hydroxyl groups is 1. The van der Waals surface area contributed by atoms with Crippen LogP contribution in [0.1, 0.15) is 24.8 Å². The summed E-state index contributed by atoms with van der Waals surface area (Å²) in [5, 5.41) is 22.2. The van der Waals surface area contributed by atoms with Crippen molar-refractivity contribution in [3.05, 3.63) is 29.8 Å². The molecule has 1 aromatic rings. The van der Waals surface area contributed by atoms with Gasteiger partial charge in [-0.15, -0.1) is 0 Å². The molecule has 3 N–H and O–H groups in total. The van der Waals surface area contributed by atoms with Gasteiger partial charge in [0.25, 0.3) is 0 Å². The van der Waals surface area contributed by atoms with Crippen molar-refractivity contribution in [2.45, 2.75) is 25.8 Å². The number of para-hydroxylation sites is 1. The molecule has 1 aliphatic carbocycles. The highest BCUT2D eigenvalue weighted by molar-refractivity contribution is 5.31. The van der Waals surface area contributed by atoms with Gasteiger partial charge in [0, 0.05) is 18.7 Å². The topological polar surface area (TPSA) is 52.5 Å². The Morgan fingerprint density at radius 3 is 2.71 bits per heavy atom. The Kier molecular flexibility index (Phi) is 4.40. The van der Waals surface area contributed by atoms with Gasteiger partial charge < -0.3 is 15.5 Å². The van der Waals surface area contributed by atoms with Crippen LogP contribution in [0.5, 0.6) is 5.75 Å². The minimum Gasteiger partial charge on any atom is -0.508 e. The lowest BCUT2D eigenvalue weighted by Gasteiger charge is -2.18. The number of aromatic hydroxyl groups is 1. The Bertz CT molecular complexity index is 354. The van der Waals surface area contributed by atoms with Crippen LogP contribution in [-0.4, -0.2) is 23.4 Å². The predicted octanol–water partition coefficient (Wildman–Crippen LogP) is 1.89. The van der Waals surface area contributed by atoms with E-state index in [4.69, 9.17) is 0 Å². The maximum Gasteiger partial charge on any atom is 0.120 e. The summed E-state index contributed by atoms with van der Waals surface area (Å²) in [4.78, 5) is 0. The average Bonchev–Trinajstić information content (AvgIpc) is 2.79. The van der Waals surface area contributed by atoms with E-state index in [1.54, 1.807) is 6.07 Å². The lowest BCUT2D eigenvalue weighted by atomic mass is 9.97. The molecule has 3 nitrogen and oxygen atoms in total. The van der Waals surface area contributed by atoms with Crippen molar-refractivity contribution < 1.29 is 10.2 Å². The summed E-state index contributed by atoms with van der Waals surface area (Å²) in [6.07, 6.45) is 3.59. The van der Waals surface area contributed by atoms with Crippen molar-refractivity contribution in [1.82, 2.24) is 5.32 Å². The molecule has 1 aromatic carbocycles. The second kappa shape index (κ2) is 6.03. The molecule has 2 rings (SSSR count). The molecule has 0 aliphatic heterocycles. The Morgan fingerprint density at radius 1 is 1.18 bits per heavy atom. The highest BCUT2D eigenvalue weighted by Crippen LogP contribution is 2.30. The third kappa shape index (κ3) is 3.20. The normalized spacial score (nSPS) is 24.1. The van der Waals surface area contributed by atoms with Gasteiger partial charge in [0.15, 0.2) is 0 Å². The van der Waals surface area contributed by atoms with Gasteiger partial charge in [-0.05, 0) is 37.3 Å². The van der Waals surface area contributed by atoms with E-state index in [0.29, 0.717) is 30.7 Å². The van der Waals surface area contributed by atoms with Gasteiger partial charge in [-0.3, -0.25) is 0 Å². The molecule has 0 amide bonds. The molecule has 3 heteroatoms. The highest BCUT2D eigenvalue weighted by Gasteiger charge is 2.25. The van der Waals surface area contributed by atoms with Gasteiger partial charge in [0.05, 0.1) is 0 Å². The third-order valence-corrected chi connectivity index (χ3v) is 3.76. The fraction of sp³-hybridized carbons (Fsp3) is 0.571. The Labute approximate surface area is 102 Å². The summed E-state index contributed by atoms with van der Waals surface area (Å²) < 4.78 is 0. The zero-order valence-electron chi connectivity index (χ0n) is 10.1. The second-order valence-corrected chi connectivity index (χ2v) is 4.89. The molecule has 1 fully saturated rings. The number of benzene rings is 1. The number of hydrogen-bond donors (Lipinski definition) is 3. The van der Waals surface area contributed by atoms with E-state index in [9.17, 15) is 10.2 Å². The smallest absolute Gasteiger partial charge is 0.120 e. The van der Waals surface area contributed by atoms with E-state index in [0.717, 1.165) is 18.5 Å². The molecule has 0 aromatic heterocycles. The zero-order valence-corrected chi connectivity index (χ0v) is 10.1. The molecule has 1 aliphatic rings. The number of rotatable bonds is 5. The number of aliphatic hydroxyl groups excluding tert-OH is 1. The summed E-state index contributed by atoms with van der Waals surface area (Å²) in [6.45, 7) is 1.93. The molecule has 94 valence electrons. The van der Waals surface area contributed by atoms with Gasteiger partial charge in [-0.1, -0.05) is 24.6 Å². The average molecular weight is 235 g/mol. The van der Waals surface area contributed by atoms with E-state index in [1.807, 2.05) is 18.2 Å². The third-order valence-electron chi connectivity index (χ3n) is 3.76. The summed E-state index contributed by atoms with van der Waals surface area (Å²) in [6, 6.07) is 7.41. The summed E-state index contributed by atoms with van der Waals surface area (Å²) >= 11 is 0. The van der Waals surface area contributed by atoms with Crippen LogP contribution in [0.15, 0.2) is 24.3 Å². The molecule has 17 heavy (non-hydrogen) atoms. The first-order valence-electron chi connectivity index (χ1n) is 6.39. The predicted molar refractivity (Wildman–Crippen MR) is 67.7 cm³/mol. The van der Waals surface area contributed by atoms with Crippen LogP contribution in [0.2, 0.25) is 0 Å². The highest BCUT2D eigenvalue weighted by atomic mass is 16.3. The van der Waals surface area contributed by atoms with Crippen LogP contribution in [0.4, 0.5) is 0 Å². The van der Waals surface area contributed by atoms with E-state index in [-0.39, 0.29) is 0 Å². The zero-order chi connectivity index (χ0) is 12.1. The van der Waals surface area contributed by atoms with Gasteiger partial charge in [-0.25, -0.2) is 0 Å². The maximum absolute atomic E-state index is 9.62. The van der Waals surface area contributed by atoms with E-state index < -0.39 is 0 Å². The first-order valence-corrected chi connectivity index (χ1v) is 6.39. The monoisotopic (exact) mass is 235 g/mol. The molecule has 0 spiro atoms. The molecule has 1 saturated carbocycles. The van der Waals surface area contributed by atoms with Crippen molar-refractivity contribution in [2.75, 3.05) is 13.2 Å². The largest absolute Gasteiger partial charge is 0.508 e. The summed E-state index contributed by atoms with van der Waals surface area (Å²) in [7, 11) is 0. The Morgan fingerprint density at radius 2 is 1.94 bits per heavy atom. The molecular formula is C14H21NO2. The molecule has 2 unspecified atom stereocenters. The van der Waals surface area contributed by atoms with Gasteiger partial charge in [0.1, 0.15) is 5.75 Å². The van der Waals surface area contributed by atoms with E-state index >= 15 is 0 Å². The first-order chi connectivity index (χ1) is 8.31. The van der Waals surface area contributed by atoms with Crippen molar-refractivity contribution in [3.8, 4) is 5.75 Å². The van der Waals surface area contributed by atoms with Crippen LogP contribution in [0, 0.1) is 11.8 Å². The fourth-order valence-corrected chi connectivity index (χ4v) is 2.68. The van der Waals surface area contributed by atoms with Crippen LogP contribution in [0.25, 0.3) is 0 Å². The van der Waals surface area contributed by atoms with Crippen molar-refractivity contribution in [1.29, 1.82) is 0 Å². The van der Waals surface area contributed by atoms with Crippen molar-refractivity contribution in [2.24, 2.45) is 11.8 Å². The molecule has 0 bridgehead atoms. The van der Waals surface area contributed by atoms with Crippen LogP contribution in [0.3, 0.4) is 0 Å². The number of phenolic OH excluding ortho intramolecular Hbond substituents is 1. The van der Waals surface area contributed by atoms with Gasteiger partial charge in [-0.2, -0.15) is 0 Å². The SMILES string of the molecule is OCC1CCCC1CNCc1ccccc1O. The second-order valence-electron chi connectivity index (χ2n) is 4.89. The standard InChI is InChI=1S/C14H21NO2/c16-10-13-6-3-5-11(13)8-15-9-12-4-1-2-7-14(12)17/h1-2,4,7,11,13,15-17H,3,5-6,8-10H2. The minimum absolute atomic E-state index is 0.308. The van der Waals surface area contributed by atoms with Crippen LogP contribution >= 0.6 is 0 Å². The Balaban J connectivity index is 1.78. The van der Waals surface area contributed by atoms with E-state index in [1.165, 1.54) is 12.8 Å². The molecule has 0 heterocycles. The lowest BCUT2D eigenvalue weighted by molar-refractivity contribution is 0.192. The van der Waals surface area contributed by atoms with Crippen molar-refractivity contribution in [3.63, 3.8) is 0 Å².